The van der Waals surface area contributed by atoms with Gasteiger partial charge in [0.1, 0.15) is 0 Å². The quantitative estimate of drug-likeness (QED) is 0.323. The van der Waals surface area contributed by atoms with Gasteiger partial charge in [-0.25, -0.2) is 0 Å². The molecule has 0 saturated heterocycles. The first-order valence-corrected chi connectivity index (χ1v) is 14.8. The Morgan fingerprint density at radius 3 is 2.27 bits per heavy atom. The van der Waals surface area contributed by atoms with Crippen LogP contribution in [-0.4, -0.2) is 45.0 Å². The van der Waals surface area contributed by atoms with Crippen molar-refractivity contribution in [1.82, 2.24) is 9.88 Å². The number of nitrogens with two attached hydrogens (primary N) is 1. The number of aromatic nitrogens is 1. The second-order valence-corrected chi connectivity index (χ2v) is 12.3. The third-order valence-electron chi connectivity index (χ3n) is 8.86. The molecule has 41 heavy (non-hydrogen) atoms. The molecule has 2 aromatic carbocycles. The molecule has 0 radical (unpaired) electrons. The Labute approximate surface area is 243 Å². The Balaban J connectivity index is 1.29. The number of hydrogen-bond acceptors (Lipinski definition) is 5. The molecule has 2 aliphatic rings. The molecule has 7 nitrogen and oxygen atoms in total. The summed E-state index contributed by atoms with van der Waals surface area (Å²) in [4.78, 5) is 31.7. The minimum Gasteiger partial charge on any atom is -0.390 e. The Bertz CT molecular complexity index is 1370. The van der Waals surface area contributed by atoms with Crippen LogP contribution in [0.25, 0.3) is 22.4 Å². The lowest BCUT2D eigenvalue weighted by molar-refractivity contribution is -0.132. The van der Waals surface area contributed by atoms with Crippen molar-refractivity contribution < 1.29 is 14.7 Å². The smallest absolute Gasteiger partial charge is 0.224 e. The van der Waals surface area contributed by atoms with Crippen molar-refractivity contribution >= 4 is 17.5 Å². The lowest BCUT2D eigenvalue weighted by atomic mass is 9.63. The number of nitrogens with zero attached hydrogens (tertiary/aromatic N) is 2. The fourth-order valence-electron chi connectivity index (χ4n) is 6.95. The van der Waals surface area contributed by atoms with Gasteiger partial charge in [-0.3, -0.25) is 14.6 Å². The van der Waals surface area contributed by atoms with Gasteiger partial charge in [-0.1, -0.05) is 54.6 Å². The molecule has 4 N–H and O–H groups in total. The molecule has 2 saturated carbocycles. The van der Waals surface area contributed by atoms with Crippen LogP contribution in [0.1, 0.15) is 71.3 Å². The van der Waals surface area contributed by atoms with E-state index in [1.807, 2.05) is 79.4 Å². The fraction of sp³-hybridized carbons (Fsp3) is 0.441. The molecule has 0 aliphatic heterocycles. The third-order valence-corrected chi connectivity index (χ3v) is 8.86. The second kappa shape index (κ2) is 11.7. The summed E-state index contributed by atoms with van der Waals surface area (Å²) in [5.74, 6) is 0.446. The summed E-state index contributed by atoms with van der Waals surface area (Å²) < 4.78 is 0. The summed E-state index contributed by atoms with van der Waals surface area (Å²) in [6, 6.07) is 20.5. The van der Waals surface area contributed by atoms with Crippen molar-refractivity contribution in [1.29, 1.82) is 0 Å². The molecular formula is C34H42N4O3. The third kappa shape index (κ3) is 6.52. The highest BCUT2D eigenvalue weighted by atomic mass is 16.3. The summed E-state index contributed by atoms with van der Waals surface area (Å²) in [5, 5.41) is 13.3. The molecule has 216 valence electrons. The molecule has 0 spiro atoms. The second-order valence-electron chi connectivity index (χ2n) is 12.3. The van der Waals surface area contributed by atoms with Crippen LogP contribution in [0.5, 0.6) is 0 Å². The lowest BCUT2D eigenvalue weighted by Gasteiger charge is -2.49. The van der Waals surface area contributed by atoms with Crippen LogP contribution < -0.4 is 11.1 Å². The van der Waals surface area contributed by atoms with Crippen molar-refractivity contribution in [2.24, 2.45) is 11.7 Å². The largest absolute Gasteiger partial charge is 0.390 e. The minimum absolute atomic E-state index is 0.00472. The topological polar surface area (TPSA) is 109 Å². The zero-order chi connectivity index (χ0) is 29.2. The van der Waals surface area contributed by atoms with E-state index in [1.54, 1.807) is 13.1 Å². The Hall–Kier alpha value is -3.55. The SMILES string of the molecule is CCN(C(C)=O)C1CCC(CC(=O)Nc2cnc(-c3ccc(C4(N)CC(C)(O)C4)cc3)c(-c3ccccc3)c2)CC1. The highest BCUT2D eigenvalue weighted by Gasteiger charge is 2.49. The molecule has 0 bridgehead atoms. The van der Waals surface area contributed by atoms with Gasteiger partial charge in [0.2, 0.25) is 11.8 Å². The van der Waals surface area contributed by atoms with Gasteiger partial charge in [-0.15, -0.1) is 0 Å². The van der Waals surface area contributed by atoms with Crippen molar-refractivity contribution in [2.75, 3.05) is 11.9 Å². The first-order valence-electron chi connectivity index (χ1n) is 14.8. The molecule has 0 atom stereocenters. The van der Waals surface area contributed by atoms with Crippen LogP contribution in [0.4, 0.5) is 5.69 Å². The predicted octanol–water partition coefficient (Wildman–Crippen LogP) is 5.87. The average Bonchev–Trinajstić information content (AvgIpc) is 2.93. The van der Waals surface area contributed by atoms with Crippen LogP contribution >= 0.6 is 0 Å². The van der Waals surface area contributed by atoms with Crippen LogP contribution in [-0.2, 0) is 15.1 Å². The lowest BCUT2D eigenvalue weighted by Crippen LogP contribution is -2.58. The van der Waals surface area contributed by atoms with Crippen LogP contribution in [0.2, 0.25) is 0 Å². The number of pyridine rings is 1. The Morgan fingerprint density at radius 1 is 1.02 bits per heavy atom. The molecule has 2 amide bonds. The minimum atomic E-state index is -0.707. The summed E-state index contributed by atoms with van der Waals surface area (Å²) in [6.45, 7) is 6.22. The zero-order valence-corrected chi connectivity index (χ0v) is 24.4. The molecule has 2 fully saturated rings. The highest BCUT2D eigenvalue weighted by Crippen LogP contribution is 2.46. The molecule has 1 heterocycles. The Kier molecular flexibility index (Phi) is 8.30. The number of carbonyl (C=O) groups excluding carboxylic acids is 2. The van der Waals surface area contributed by atoms with Gasteiger partial charge < -0.3 is 21.1 Å². The van der Waals surface area contributed by atoms with E-state index in [4.69, 9.17) is 10.7 Å². The molecule has 5 rings (SSSR count). The number of hydrogen-bond donors (Lipinski definition) is 3. The van der Waals surface area contributed by atoms with E-state index < -0.39 is 11.1 Å². The summed E-state index contributed by atoms with van der Waals surface area (Å²) >= 11 is 0. The number of anilines is 1. The van der Waals surface area contributed by atoms with Crippen LogP contribution in [0.3, 0.4) is 0 Å². The highest BCUT2D eigenvalue weighted by molar-refractivity contribution is 5.93. The number of rotatable bonds is 8. The summed E-state index contributed by atoms with van der Waals surface area (Å²) in [7, 11) is 0. The van der Waals surface area contributed by atoms with Gasteiger partial charge in [-0.05, 0) is 75.5 Å². The van der Waals surface area contributed by atoms with E-state index in [-0.39, 0.29) is 17.9 Å². The van der Waals surface area contributed by atoms with Crippen molar-refractivity contribution in [3.63, 3.8) is 0 Å². The van der Waals surface area contributed by atoms with E-state index >= 15 is 0 Å². The maximum atomic E-state index is 13.0. The van der Waals surface area contributed by atoms with Crippen molar-refractivity contribution in [2.45, 2.75) is 82.9 Å². The standard InChI is InChI=1S/C34H42N4O3/c1-4-38(23(2)39)29-16-10-24(11-17-29)18-31(40)37-28-19-30(25-8-6-5-7-9-25)32(36-20-28)26-12-14-27(15-13-26)34(35)21-33(3,41)22-34/h5-9,12-15,19-20,24,29,41H,4,10-11,16-18,21-22,35H2,1-3H3,(H,37,40). The molecule has 0 unspecified atom stereocenters. The van der Waals surface area contributed by atoms with E-state index in [0.717, 1.165) is 60.2 Å². The maximum Gasteiger partial charge on any atom is 0.224 e. The van der Waals surface area contributed by atoms with E-state index in [9.17, 15) is 14.7 Å². The zero-order valence-electron chi connectivity index (χ0n) is 24.4. The Morgan fingerprint density at radius 2 is 1.68 bits per heavy atom. The van der Waals surface area contributed by atoms with Gasteiger partial charge in [0.05, 0.1) is 23.2 Å². The van der Waals surface area contributed by atoms with Crippen molar-refractivity contribution in [3.8, 4) is 22.4 Å². The summed E-state index contributed by atoms with van der Waals surface area (Å²) in [6.07, 6.45) is 7.07. The number of amides is 2. The maximum absolute atomic E-state index is 13.0. The van der Waals surface area contributed by atoms with Gasteiger partial charge in [0.15, 0.2) is 0 Å². The molecule has 7 heteroatoms. The normalized spacial score (nSPS) is 25.7. The number of carbonyl (C=O) groups is 2. The van der Waals surface area contributed by atoms with Crippen LogP contribution in [0.15, 0.2) is 66.9 Å². The van der Waals surface area contributed by atoms with E-state index in [2.05, 4.69) is 5.32 Å². The number of nitrogens with one attached hydrogen (secondary N) is 1. The predicted molar refractivity (Wildman–Crippen MR) is 163 cm³/mol. The number of benzene rings is 2. The monoisotopic (exact) mass is 554 g/mol. The van der Waals surface area contributed by atoms with Crippen LogP contribution in [0, 0.1) is 5.92 Å². The van der Waals surface area contributed by atoms with Gasteiger partial charge >= 0.3 is 0 Å². The molecule has 3 aromatic rings. The van der Waals surface area contributed by atoms with E-state index in [1.165, 1.54) is 0 Å². The summed E-state index contributed by atoms with van der Waals surface area (Å²) in [5.41, 5.74) is 10.8. The fourth-order valence-corrected chi connectivity index (χ4v) is 6.95. The first kappa shape index (κ1) is 29.0. The van der Waals surface area contributed by atoms with Gasteiger partial charge in [0.25, 0.3) is 0 Å². The molecule has 2 aliphatic carbocycles. The van der Waals surface area contributed by atoms with Gasteiger partial charge in [0, 0.05) is 42.6 Å². The first-order chi connectivity index (χ1) is 19.6. The molecule has 1 aromatic heterocycles. The average molecular weight is 555 g/mol. The van der Waals surface area contributed by atoms with E-state index in [0.29, 0.717) is 30.9 Å². The van der Waals surface area contributed by atoms with Crippen molar-refractivity contribution in [3.05, 3.63) is 72.4 Å². The number of aliphatic hydroxyl groups is 1. The van der Waals surface area contributed by atoms with Gasteiger partial charge in [-0.2, -0.15) is 0 Å². The molecular weight excluding hydrogens is 512 g/mol.